The molecular weight excluding hydrogens is 502 g/mol. The Balaban J connectivity index is 1.26. The van der Waals surface area contributed by atoms with Crippen molar-refractivity contribution in [1.82, 2.24) is 29.6 Å². The summed E-state index contributed by atoms with van der Waals surface area (Å²) in [5.41, 5.74) is 8.57. The van der Waals surface area contributed by atoms with Crippen LogP contribution in [0.15, 0.2) is 49.0 Å². The Hall–Kier alpha value is -3.75. The topological polar surface area (TPSA) is 112 Å². The number of hydrogen-bond donors (Lipinski definition) is 1. The Labute approximate surface area is 236 Å². The standard InChI is InChI=1S/C31H41N7O2/c1-4-5-9-16-40-24-12-13-25(33-19-24)28-27-29(32)34-21-35-30(27)38(36-28)23-17-31(18-23)14-15-37(20-31)26(39)11-8-6-7-10-22(2)3/h5,8-9,11-13,19,21-23H,4,6-7,10,14-18,20H2,1-3H3,(H2,32,34,35)/b9-5-,11-8+. The maximum atomic E-state index is 12.8. The smallest absolute Gasteiger partial charge is 0.246 e. The Kier molecular flexibility index (Phi) is 8.47. The molecular formula is C31H41N7O2. The number of rotatable bonds is 11. The van der Waals surface area contributed by atoms with Gasteiger partial charge in [0.2, 0.25) is 5.91 Å². The quantitative estimate of drug-likeness (QED) is 0.186. The summed E-state index contributed by atoms with van der Waals surface area (Å²) in [7, 11) is 0. The first kappa shape index (κ1) is 27.8. The summed E-state index contributed by atoms with van der Waals surface area (Å²) >= 11 is 0. The maximum absolute atomic E-state index is 12.8. The minimum atomic E-state index is 0.136. The Morgan fingerprint density at radius 2 is 2.05 bits per heavy atom. The number of likely N-dealkylation sites (tertiary alicyclic amines) is 1. The molecule has 3 aromatic heterocycles. The number of hydrogen-bond acceptors (Lipinski definition) is 7. The average molecular weight is 544 g/mol. The lowest BCUT2D eigenvalue weighted by molar-refractivity contribution is -0.125. The first-order chi connectivity index (χ1) is 19.4. The van der Waals surface area contributed by atoms with Crippen molar-refractivity contribution < 1.29 is 9.53 Å². The van der Waals surface area contributed by atoms with Crippen LogP contribution >= 0.6 is 0 Å². The molecule has 0 atom stereocenters. The number of carbonyl (C=O) groups excluding carboxylic acids is 1. The molecule has 2 N–H and O–H groups in total. The number of ether oxygens (including phenoxy) is 1. The van der Waals surface area contributed by atoms with Crippen molar-refractivity contribution in [3.63, 3.8) is 0 Å². The molecule has 1 amide bonds. The summed E-state index contributed by atoms with van der Waals surface area (Å²) in [6.45, 7) is 8.68. The molecule has 9 heteroatoms. The van der Waals surface area contributed by atoms with E-state index in [0.29, 0.717) is 35.5 Å². The van der Waals surface area contributed by atoms with Crippen LogP contribution in [0.4, 0.5) is 5.82 Å². The van der Waals surface area contributed by atoms with E-state index in [4.69, 9.17) is 15.6 Å². The van der Waals surface area contributed by atoms with Gasteiger partial charge in [-0.1, -0.05) is 45.4 Å². The number of pyridine rings is 1. The lowest BCUT2D eigenvalue weighted by atomic mass is 9.65. The third-order valence-corrected chi connectivity index (χ3v) is 8.09. The highest BCUT2D eigenvalue weighted by atomic mass is 16.5. The second-order valence-electron chi connectivity index (χ2n) is 11.6. The van der Waals surface area contributed by atoms with Gasteiger partial charge in [0.05, 0.1) is 23.3 Å². The number of carbonyl (C=O) groups is 1. The van der Waals surface area contributed by atoms with Crippen molar-refractivity contribution in [3.05, 3.63) is 49.0 Å². The van der Waals surface area contributed by atoms with E-state index in [1.54, 1.807) is 12.3 Å². The van der Waals surface area contributed by atoms with Crippen molar-refractivity contribution >= 4 is 22.8 Å². The van der Waals surface area contributed by atoms with Gasteiger partial charge in [0, 0.05) is 13.1 Å². The highest BCUT2D eigenvalue weighted by Gasteiger charge is 2.50. The van der Waals surface area contributed by atoms with Crippen LogP contribution in [-0.2, 0) is 4.79 Å². The van der Waals surface area contributed by atoms with Gasteiger partial charge in [-0.05, 0) is 68.1 Å². The minimum Gasteiger partial charge on any atom is -0.488 e. The molecule has 1 saturated carbocycles. The molecule has 2 fully saturated rings. The molecule has 2 aliphatic rings. The van der Waals surface area contributed by atoms with E-state index in [0.717, 1.165) is 62.6 Å². The Morgan fingerprint density at radius 3 is 2.80 bits per heavy atom. The van der Waals surface area contributed by atoms with E-state index >= 15 is 0 Å². The second-order valence-corrected chi connectivity index (χ2v) is 11.6. The number of fused-ring (bicyclic) bond motifs is 1. The van der Waals surface area contributed by atoms with Crippen LogP contribution in [-0.4, -0.2) is 55.2 Å². The van der Waals surface area contributed by atoms with E-state index in [1.165, 1.54) is 12.7 Å². The molecule has 0 radical (unpaired) electrons. The molecule has 0 aromatic carbocycles. The Bertz CT molecular complexity index is 1370. The van der Waals surface area contributed by atoms with Gasteiger partial charge >= 0.3 is 0 Å². The maximum Gasteiger partial charge on any atom is 0.246 e. The first-order valence-corrected chi connectivity index (χ1v) is 14.6. The van der Waals surface area contributed by atoms with E-state index < -0.39 is 0 Å². The summed E-state index contributed by atoms with van der Waals surface area (Å²) < 4.78 is 7.74. The van der Waals surface area contributed by atoms with Gasteiger partial charge in [-0.3, -0.25) is 9.78 Å². The minimum absolute atomic E-state index is 0.136. The van der Waals surface area contributed by atoms with Gasteiger partial charge in [-0.2, -0.15) is 5.10 Å². The van der Waals surface area contributed by atoms with Crippen LogP contribution in [0.5, 0.6) is 5.75 Å². The fourth-order valence-electron chi connectivity index (χ4n) is 5.92. The number of aromatic nitrogens is 5. The molecule has 1 spiro atoms. The third-order valence-electron chi connectivity index (χ3n) is 8.09. The van der Waals surface area contributed by atoms with Crippen LogP contribution in [0.1, 0.15) is 71.8 Å². The van der Waals surface area contributed by atoms with Crippen molar-refractivity contribution in [3.8, 4) is 17.1 Å². The van der Waals surface area contributed by atoms with Crippen LogP contribution < -0.4 is 10.5 Å². The summed E-state index contributed by atoms with van der Waals surface area (Å²) in [5.74, 6) is 1.93. The molecule has 212 valence electrons. The van der Waals surface area contributed by atoms with Gasteiger partial charge in [0.25, 0.3) is 0 Å². The van der Waals surface area contributed by atoms with E-state index in [2.05, 4.69) is 41.8 Å². The van der Waals surface area contributed by atoms with Gasteiger partial charge in [-0.25, -0.2) is 14.6 Å². The van der Waals surface area contributed by atoms with Gasteiger partial charge in [-0.15, -0.1) is 0 Å². The van der Waals surface area contributed by atoms with Crippen LogP contribution in [0.2, 0.25) is 0 Å². The fraction of sp³-hybridized carbons (Fsp3) is 0.516. The van der Waals surface area contributed by atoms with Gasteiger partial charge in [0.1, 0.15) is 30.2 Å². The summed E-state index contributed by atoms with van der Waals surface area (Å²) in [4.78, 5) is 28.2. The molecule has 3 aromatic rings. The van der Waals surface area contributed by atoms with E-state index in [-0.39, 0.29) is 17.4 Å². The van der Waals surface area contributed by atoms with Crippen molar-refractivity contribution in [2.75, 3.05) is 25.4 Å². The fourth-order valence-corrected chi connectivity index (χ4v) is 5.92. The number of nitrogens with two attached hydrogens (primary N) is 1. The molecule has 0 bridgehead atoms. The summed E-state index contributed by atoms with van der Waals surface area (Å²) in [5, 5.41) is 5.69. The number of allylic oxidation sites excluding steroid dienone is 2. The SMILES string of the molecule is CC/C=C\COc1ccc(-c2nn(C3CC4(CCN(C(=O)/C=C/CCCC(C)C)C4)C3)c3ncnc(N)c23)nc1. The highest BCUT2D eigenvalue weighted by molar-refractivity contribution is 5.97. The second kappa shape index (κ2) is 12.2. The molecule has 1 saturated heterocycles. The summed E-state index contributed by atoms with van der Waals surface area (Å²) in [6.07, 6.45) is 18.3. The molecule has 9 nitrogen and oxygen atoms in total. The lowest BCUT2D eigenvalue weighted by Crippen LogP contribution is -2.42. The van der Waals surface area contributed by atoms with E-state index in [9.17, 15) is 4.79 Å². The number of anilines is 1. The normalized spacial score (nSPS) is 20.9. The molecule has 5 rings (SSSR count). The predicted octanol–water partition coefficient (Wildman–Crippen LogP) is 5.75. The zero-order valence-electron chi connectivity index (χ0n) is 23.9. The monoisotopic (exact) mass is 543 g/mol. The summed E-state index contributed by atoms with van der Waals surface area (Å²) in [6, 6.07) is 3.99. The van der Waals surface area contributed by atoms with Crippen molar-refractivity contribution in [1.29, 1.82) is 0 Å². The van der Waals surface area contributed by atoms with Crippen molar-refractivity contribution in [2.45, 2.75) is 71.8 Å². The highest BCUT2D eigenvalue weighted by Crippen LogP contribution is 2.54. The number of nitrogens with zero attached hydrogens (tertiary/aromatic N) is 6. The van der Waals surface area contributed by atoms with Gasteiger partial charge < -0.3 is 15.4 Å². The molecule has 1 aliphatic heterocycles. The largest absolute Gasteiger partial charge is 0.488 e. The first-order valence-electron chi connectivity index (χ1n) is 14.6. The van der Waals surface area contributed by atoms with Crippen LogP contribution in [0.25, 0.3) is 22.4 Å². The predicted molar refractivity (Wildman–Crippen MR) is 158 cm³/mol. The Morgan fingerprint density at radius 1 is 1.20 bits per heavy atom. The zero-order valence-corrected chi connectivity index (χ0v) is 23.9. The molecule has 4 heterocycles. The number of unbranched alkanes of at least 4 members (excludes halogenated alkanes) is 1. The van der Waals surface area contributed by atoms with Crippen molar-refractivity contribution in [2.24, 2.45) is 11.3 Å². The molecule has 40 heavy (non-hydrogen) atoms. The molecule has 0 unspecified atom stereocenters. The third kappa shape index (κ3) is 6.03. The average Bonchev–Trinajstić information content (AvgIpc) is 3.54. The van der Waals surface area contributed by atoms with Gasteiger partial charge in [0.15, 0.2) is 5.65 Å². The van der Waals surface area contributed by atoms with Crippen LogP contribution in [0.3, 0.4) is 0 Å². The molecule has 1 aliphatic carbocycles. The number of amides is 1. The lowest BCUT2D eigenvalue weighted by Gasteiger charge is -2.45. The zero-order chi connectivity index (χ0) is 28.1. The van der Waals surface area contributed by atoms with Crippen LogP contribution in [0, 0.1) is 11.3 Å². The number of nitrogen functional groups attached to an aromatic ring is 1. The van der Waals surface area contributed by atoms with E-state index in [1.807, 2.05) is 33.9 Å².